The van der Waals surface area contributed by atoms with Crippen molar-refractivity contribution in [2.24, 2.45) is 0 Å². The summed E-state index contributed by atoms with van der Waals surface area (Å²) in [5, 5.41) is 15.0. The Kier molecular flexibility index (Phi) is 4.94. The zero-order valence-corrected chi connectivity index (χ0v) is 12.7. The summed E-state index contributed by atoms with van der Waals surface area (Å²) in [6.07, 6.45) is 0. The lowest BCUT2D eigenvalue weighted by Gasteiger charge is -2.15. The molecule has 4 nitrogen and oxygen atoms in total. The van der Waals surface area contributed by atoms with Gasteiger partial charge in [-0.05, 0) is 37.1 Å². The summed E-state index contributed by atoms with van der Waals surface area (Å²) in [5.41, 5.74) is 2.81. The number of nitro groups is 1. The van der Waals surface area contributed by atoms with Gasteiger partial charge in [0.05, 0.1) is 4.92 Å². The molecule has 0 radical (unpaired) electrons. The molecule has 2 rings (SSSR count). The lowest BCUT2D eigenvalue weighted by atomic mass is 10.0. The molecule has 0 spiro atoms. The van der Waals surface area contributed by atoms with Gasteiger partial charge in [0.25, 0.3) is 5.69 Å². The first-order valence-corrected chi connectivity index (χ1v) is 7.08. The molecule has 1 N–H and O–H groups in total. The Labute approximate surface area is 128 Å². The van der Waals surface area contributed by atoms with Gasteiger partial charge in [-0.3, -0.25) is 10.1 Å². The Balaban J connectivity index is 2.08. The first-order valence-electron chi connectivity index (χ1n) is 6.70. The summed E-state index contributed by atoms with van der Waals surface area (Å²) in [6.45, 7) is 4.38. The van der Waals surface area contributed by atoms with Crippen LogP contribution < -0.4 is 5.32 Å². The second-order valence-electron chi connectivity index (χ2n) is 5.04. The summed E-state index contributed by atoms with van der Waals surface area (Å²) in [6, 6.07) is 13.0. The Hall–Kier alpha value is -1.91. The number of halogens is 1. The van der Waals surface area contributed by atoms with E-state index in [2.05, 4.69) is 5.32 Å². The van der Waals surface area contributed by atoms with Crippen molar-refractivity contribution in [3.8, 4) is 0 Å². The largest absolute Gasteiger partial charge is 0.306 e. The number of nitro benzene ring substituents is 1. The number of nitrogens with zero attached hydrogens (tertiary/aromatic N) is 1. The maximum Gasteiger partial charge on any atom is 0.272 e. The number of nitrogens with one attached hydrogen (secondary N) is 1. The highest BCUT2D eigenvalue weighted by atomic mass is 35.5. The van der Waals surface area contributed by atoms with Crippen molar-refractivity contribution in [3.05, 3.63) is 74.3 Å². The Morgan fingerprint density at radius 2 is 2.05 bits per heavy atom. The molecule has 110 valence electrons. The van der Waals surface area contributed by atoms with E-state index in [0.717, 1.165) is 11.1 Å². The minimum Gasteiger partial charge on any atom is -0.306 e. The maximum absolute atomic E-state index is 11.0. The monoisotopic (exact) mass is 304 g/mol. The van der Waals surface area contributed by atoms with Crippen molar-refractivity contribution >= 4 is 17.3 Å². The van der Waals surface area contributed by atoms with E-state index in [1.165, 1.54) is 0 Å². The van der Waals surface area contributed by atoms with Gasteiger partial charge in [-0.1, -0.05) is 35.9 Å². The third kappa shape index (κ3) is 4.03. The van der Waals surface area contributed by atoms with Gasteiger partial charge in [-0.15, -0.1) is 0 Å². The third-order valence-corrected chi connectivity index (χ3v) is 3.67. The smallest absolute Gasteiger partial charge is 0.272 e. The molecule has 0 aliphatic carbocycles. The first-order chi connectivity index (χ1) is 9.97. The number of hydrogen-bond donors (Lipinski definition) is 1. The van der Waals surface area contributed by atoms with Crippen molar-refractivity contribution in [1.29, 1.82) is 0 Å². The summed E-state index contributed by atoms with van der Waals surface area (Å²) in [4.78, 5) is 10.6. The molecule has 0 aliphatic heterocycles. The minimum atomic E-state index is -0.345. The van der Waals surface area contributed by atoms with E-state index in [1.54, 1.807) is 19.1 Å². The van der Waals surface area contributed by atoms with Crippen LogP contribution in [0.1, 0.15) is 29.7 Å². The van der Waals surface area contributed by atoms with Crippen molar-refractivity contribution in [2.75, 3.05) is 0 Å². The zero-order chi connectivity index (χ0) is 15.4. The number of aryl methyl sites for hydroxylation is 1. The molecule has 0 amide bonds. The van der Waals surface area contributed by atoms with Crippen LogP contribution in [0.2, 0.25) is 5.02 Å². The highest BCUT2D eigenvalue weighted by Crippen LogP contribution is 2.23. The predicted octanol–water partition coefficient (Wildman–Crippen LogP) is 4.41. The predicted molar refractivity (Wildman–Crippen MR) is 84.5 cm³/mol. The summed E-state index contributed by atoms with van der Waals surface area (Å²) in [5.74, 6) is 0. The van der Waals surface area contributed by atoms with Crippen LogP contribution in [0.3, 0.4) is 0 Å². The molecular weight excluding hydrogens is 288 g/mol. The van der Waals surface area contributed by atoms with Crippen molar-refractivity contribution < 1.29 is 4.92 Å². The molecule has 5 heteroatoms. The van der Waals surface area contributed by atoms with Gasteiger partial charge in [0.2, 0.25) is 0 Å². The molecule has 0 saturated carbocycles. The fourth-order valence-corrected chi connectivity index (χ4v) is 2.34. The van der Waals surface area contributed by atoms with E-state index in [9.17, 15) is 10.1 Å². The summed E-state index contributed by atoms with van der Waals surface area (Å²) < 4.78 is 0. The fourth-order valence-electron chi connectivity index (χ4n) is 2.13. The molecule has 0 fully saturated rings. The van der Waals surface area contributed by atoms with Crippen LogP contribution in [0.15, 0.2) is 42.5 Å². The number of hydrogen-bond acceptors (Lipinski definition) is 3. The van der Waals surface area contributed by atoms with Gasteiger partial charge < -0.3 is 5.32 Å². The Bertz CT molecular complexity index is 658. The molecule has 2 aromatic rings. The SMILES string of the molecule is Cc1ccc(C(C)NCc2cccc(Cl)c2)cc1[N+](=O)[O-]. The van der Waals surface area contributed by atoms with Gasteiger partial charge in [0, 0.05) is 29.2 Å². The van der Waals surface area contributed by atoms with Crippen LogP contribution in [0.5, 0.6) is 0 Å². The highest BCUT2D eigenvalue weighted by molar-refractivity contribution is 6.30. The Morgan fingerprint density at radius 1 is 1.29 bits per heavy atom. The van der Waals surface area contributed by atoms with Gasteiger partial charge in [-0.2, -0.15) is 0 Å². The molecule has 0 aromatic heterocycles. The van der Waals surface area contributed by atoms with Gasteiger partial charge >= 0.3 is 0 Å². The van der Waals surface area contributed by atoms with Crippen LogP contribution in [-0.4, -0.2) is 4.92 Å². The second-order valence-corrected chi connectivity index (χ2v) is 5.47. The van der Waals surface area contributed by atoms with Crippen LogP contribution in [0.4, 0.5) is 5.69 Å². The fraction of sp³-hybridized carbons (Fsp3) is 0.250. The van der Waals surface area contributed by atoms with Gasteiger partial charge in [-0.25, -0.2) is 0 Å². The van der Waals surface area contributed by atoms with Crippen LogP contribution in [0, 0.1) is 17.0 Å². The van der Waals surface area contributed by atoms with Crippen LogP contribution in [0.25, 0.3) is 0 Å². The molecule has 0 aliphatic rings. The molecule has 0 saturated heterocycles. The Morgan fingerprint density at radius 3 is 2.71 bits per heavy atom. The van der Waals surface area contributed by atoms with E-state index in [-0.39, 0.29) is 16.7 Å². The van der Waals surface area contributed by atoms with E-state index in [4.69, 9.17) is 11.6 Å². The standard InChI is InChI=1S/C16H17ClN2O2/c1-11-6-7-14(9-16(11)19(20)21)12(2)18-10-13-4-3-5-15(17)8-13/h3-9,12,18H,10H2,1-2H3. The summed E-state index contributed by atoms with van der Waals surface area (Å²) in [7, 11) is 0. The highest BCUT2D eigenvalue weighted by Gasteiger charge is 2.14. The van der Waals surface area contributed by atoms with Crippen molar-refractivity contribution in [2.45, 2.75) is 26.4 Å². The topological polar surface area (TPSA) is 55.2 Å². The van der Waals surface area contributed by atoms with Crippen molar-refractivity contribution in [3.63, 3.8) is 0 Å². The molecule has 1 atom stereocenters. The van der Waals surface area contributed by atoms with E-state index < -0.39 is 0 Å². The van der Waals surface area contributed by atoms with E-state index >= 15 is 0 Å². The molecule has 0 bridgehead atoms. The molecule has 2 aromatic carbocycles. The van der Waals surface area contributed by atoms with E-state index in [0.29, 0.717) is 17.1 Å². The molecule has 0 heterocycles. The quantitative estimate of drug-likeness (QED) is 0.657. The molecule has 1 unspecified atom stereocenters. The first kappa shape index (κ1) is 15.5. The average molecular weight is 305 g/mol. The van der Waals surface area contributed by atoms with Gasteiger partial charge in [0.15, 0.2) is 0 Å². The summed E-state index contributed by atoms with van der Waals surface area (Å²) >= 11 is 5.95. The van der Waals surface area contributed by atoms with Crippen LogP contribution in [-0.2, 0) is 6.54 Å². The zero-order valence-electron chi connectivity index (χ0n) is 12.0. The van der Waals surface area contributed by atoms with Gasteiger partial charge in [0.1, 0.15) is 0 Å². The normalized spacial score (nSPS) is 12.1. The molecule has 21 heavy (non-hydrogen) atoms. The molecular formula is C16H17ClN2O2. The van der Waals surface area contributed by atoms with Crippen molar-refractivity contribution in [1.82, 2.24) is 5.32 Å². The number of benzene rings is 2. The lowest BCUT2D eigenvalue weighted by Crippen LogP contribution is -2.18. The average Bonchev–Trinajstić information content (AvgIpc) is 2.45. The minimum absolute atomic E-state index is 0.0169. The second kappa shape index (κ2) is 6.70. The number of rotatable bonds is 5. The lowest BCUT2D eigenvalue weighted by molar-refractivity contribution is -0.385. The third-order valence-electron chi connectivity index (χ3n) is 3.43. The maximum atomic E-state index is 11.0. The van der Waals surface area contributed by atoms with Crippen LogP contribution >= 0.6 is 11.6 Å². The van der Waals surface area contributed by atoms with E-state index in [1.807, 2.05) is 37.3 Å².